The third kappa shape index (κ3) is 2.28. The molecule has 0 radical (unpaired) electrons. The van der Waals surface area contributed by atoms with Crippen molar-refractivity contribution in [3.63, 3.8) is 0 Å². The van der Waals surface area contributed by atoms with Crippen molar-refractivity contribution in [1.29, 1.82) is 0 Å². The normalized spacial score (nSPS) is 23.3. The Morgan fingerprint density at radius 2 is 2.42 bits per heavy atom. The molecule has 0 unspecified atom stereocenters. The number of hydrogen-bond donors (Lipinski definition) is 2. The summed E-state index contributed by atoms with van der Waals surface area (Å²) in [6.45, 7) is 1.58. The number of nitrogens with two attached hydrogens (primary N) is 1. The van der Waals surface area contributed by atoms with Gasteiger partial charge in [-0.1, -0.05) is 0 Å². The minimum Gasteiger partial charge on any atom is -0.383 e. The maximum Gasteiger partial charge on any atom is 0.164 e. The fourth-order valence-electron chi connectivity index (χ4n) is 2.52. The first-order valence-corrected chi connectivity index (χ1v) is 7.15. The van der Waals surface area contributed by atoms with Crippen molar-refractivity contribution in [2.24, 2.45) is 0 Å². The molecular weight excluding hydrogens is 359 g/mol. The second kappa shape index (κ2) is 5.17. The van der Waals surface area contributed by atoms with Crippen LogP contribution in [0.2, 0.25) is 0 Å². The van der Waals surface area contributed by atoms with E-state index in [4.69, 9.17) is 10.5 Å². The smallest absolute Gasteiger partial charge is 0.164 e. The molecule has 0 aliphatic carbocycles. The average molecular weight is 374 g/mol. The summed E-state index contributed by atoms with van der Waals surface area (Å²) in [5.41, 5.74) is 6.71. The molecule has 3 heterocycles. The number of rotatable bonds is 3. The first kappa shape index (κ1) is 13.0. The fraction of sp³-hybridized carbons (Fsp3) is 0.545. The van der Waals surface area contributed by atoms with Gasteiger partial charge >= 0.3 is 0 Å². The van der Waals surface area contributed by atoms with Crippen molar-refractivity contribution in [2.75, 3.05) is 26.0 Å². The second-order valence-electron chi connectivity index (χ2n) is 4.64. The summed E-state index contributed by atoms with van der Waals surface area (Å²) < 4.78 is 7.99. The maximum absolute atomic E-state index is 5.90. The summed E-state index contributed by atoms with van der Waals surface area (Å²) in [6, 6.07) is 0.645. The minimum absolute atomic E-state index is 0.278. The highest BCUT2D eigenvalue weighted by Gasteiger charge is 2.28. The first-order valence-electron chi connectivity index (χ1n) is 6.07. The van der Waals surface area contributed by atoms with Gasteiger partial charge in [-0.2, -0.15) is 5.10 Å². The van der Waals surface area contributed by atoms with E-state index >= 15 is 0 Å². The summed E-state index contributed by atoms with van der Waals surface area (Å²) in [6.07, 6.45) is 2.46. The summed E-state index contributed by atoms with van der Waals surface area (Å²) in [4.78, 5) is 8.35. The predicted octanol–water partition coefficient (Wildman–Crippen LogP) is 0.563. The predicted molar refractivity (Wildman–Crippen MR) is 79.8 cm³/mol. The van der Waals surface area contributed by atoms with E-state index in [1.54, 1.807) is 7.11 Å². The molecule has 7 nitrogen and oxygen atoms in total. The van der Waals surface area contributed by atoms with Crippen molar-refractivity contribution in [1.82, 2.24) is 25.1 Å². The molecule has 3 rings (SSSR count). The zero-order valence-corrected chi connectivity index (χ0v) is 12.7. The lowest BCUT2D eigenvalue weighted by Crippen LogP contribution is -2.25. The highest BCUT2D eigenvalue weighted by Crippen LogP contribution is 2.28. The van der Waals surface area contributed by atoms with Crippen LogP contribution in [-0.2, 0) is 4.74 Å². The number of nitrogen functional groups attached to an aromatic ring is 1. The quantitative estimate of drug-likeness (QED) is 0.764. The Morgan fingerprint density at radius 1 is 1.58 bits per heavy atom. The van der Waals surface area contributed by atoms with Gasteiger partial charge < -0.3 is 15.8 Å². The standard InChI is InChI=1S/C11H15IN6O/c1-19-4-6-2-7(3-14-6)18-11-8(9(12)17-18)10(13)15-5-16-11/h5-7,14H,2-4H2,1H3,(H2,13,15,16)/t6-,7+/m1/s1. The van der Waals surface area contributed by atoms with Crippen molar-refractivity contribution < 1.29 is 4.74 Å². The van der Waals surface area contributed by atoms with Gasteiger partial charge in [-0.15, -0.1) is 0 Å². The van der Waals surface area contributed by atoms with E-state index < -0.39 is 0 Å². The Bertz CT molecular complexity index is 600. The van der Waals surface area contributed by atoms with E-state index in [1.807, 2.05) is 4.68 Å². The van der Waals surface area contributed by atoms with Gasteiger partial charge in [0, 0.05) is 19.7 Å². The number of anilines is 1. The van der Waals surface area contributed by atoms with Crippen LogP contribution in [-0.4, -0.2) is 46.1 Å². The lowest BCUT2D eigenvalue weighted by molar-refractivity contribution is 0.172. The molecule has 1 fully saturated rings. The number of hydrogen-bond acceptors (Lipinski definition) is 6. The van der Waals surface area contributed by atoms with Gasteiger partial charge in [0.1, 0.15) is 15.8 Å². The Balaban J connectivity index is 1.96. The Hall–Kier alpha value is -1.00. The van der Waals surface area contributed by atoms with Crippen LogP contribution < -0.4 is 11.1 Å². The highest BCUT2D eigenvalue weighted by molar-refractivity contribution is 14.1. The SMILES string of the molecule is COC[C@H]1C[C@H](n2nc(I)c3c(N)ncnc32)CN1. The molecule has 1 aliphatic heterocycles. The Morgan fingerprint density at radius 3 is 3.21 bits per heavy atom. The minimum atomic E-state index is 0.278. The maximum atomic E-state index is 5.90. The van der Waals surface area contributed by atoms with Crippen molar-refractivity contribution in [2.45, 2.75) is 18.5 Å². The number of nitrogens with one attached hydrogen (secondary N) is 1. The summed E-state index contributed by atoms with van der Waals surface area (Å²) in [5, 5.41) is 8.84. The number of ether oxygens (including phenoxy) is 1. The molecule has 19 heavy (non-hydrogen) atoms. The van der Waals surface area contributed by atoms with E-state index in [0.717, 1.165) is 27.7 Å². The van der Waals surface area contributed by atoms with Crippen LogP contribution >= 0.6 is 22.6 Å². The van der Waals surface area contributed by atoms with Gasteiger partial charge in [-0.3, -0.25) is 0 Å². The summed E-state index contributed by atoms with van der Waals surface area (Å²) in [5.74, 6) is 0.486. The lowest BCUT2D eigenvalue weighted by Gasteiger charge is -2.10. The molecule has 102 valence electrons. The van der Waals surface area contributed by atoms with E-state index in [0.29, 0.717) is 18.5 Å². The molecule has 2 aromatic heterocycles. The molecule has 0 aromatic carbocycles. The van der Waals surface area contributed by atoms with E-state index in [-0.39, 0.29) is 6.04 Å². The van der Waals surface area contributed by atoms with Crippen LogP contribution in [0, 0.1) is 3.70 Å². The monoisotopic (exact) mass is 374 g/mol. The van der Waals surface area contributed by atoms with E-state index in [9.17, 15) is 0 Å². The van der Waals surface area contributed by atoms with Crippen LogP contribution in [0.4, 0.5) is 5.82 Å². The molecule has 1 saturated heterocycles. The largest absolute Gasteiger partial charge is 0.383 e. The van der Waals surface area contributed by atoms with Crippen LogP contribution in [0.15, 0.2) is 6.33 Å². The molecule has 1 aliphatic rings. The van der Waals surface area contributed by atoms with Gasteiger partial charge in [-0.05, 0) is 29.0 Å². The van der Waals surface area contributed by atoms with Gasteiger partial charge in [0.05, 0.1) is 18.0 Å². The number of fused-ring (bicyclic) bond motifs is 1. The zero-order valence-electron chi connectivity index (χ0n) is 10.5. The third-order valence-electron chi connectivity index (χ3n) is 3.39. The van der Waals surface area contributed by atoms with E-state index in [2.05, 4.69) is 43.0 Å². The van der Waals surface area contributed by atoms with Gasteiger partial charge in [0.2, 0.25) is 0 Å². The second-order valence-corrected chi connectivity index (χ2v) is 5.66. The molecule has 2 aromatic rings. The molecule has 8 heteroatoms. The highest BCUT2D eigenvalue weighted by atomic mass is 127. The first-order chi connectivity index (χ1) is 9.20. The van der Waals surface area contributed by atoms with Crippen molar-refractivity contribution >= 4 is 39.4 Å². The lowest BCUT2D eigenvalue weighted by atomic mass is 10.2. The molecule has 2 atom stereocenters. The number of nitrogens with zero attached hydrogens (tertiary/aromatic N) is 4. The average Bonchev–Trinajstić information content (AvgIpc) is 2.96. The van der Waals surface area contributed by atoms with E-state index in [1.165, 1.54) is 6.33 Å². The molecule has 0 saturated carbocycles. The molecule has 0 bridgehead atoms. The Kier molecular flexibility index (Phi) is 3.54. The van der Waals surface area contributed by atoms with Gasteiger partial charge in [-0.25, -0.2) is 14.6 Å². The van der Waals surface area contributed by atoms with Crippen LogP contribution in [0.25, 0.3) is 11.0 Å². The molecule has 0 amide bonds. The van der Waals surface area contributed by atoms with Crippen molar-refractivity contribution in [3.8, 4) is 0 Å². The van der Waals surface area contributed by atoms with Gasteiger partial charge in [0.15, 0.2) is 5.65 Å². The molecule has 3 N–H and O–H groups in total. The van der Waals surface area contributed by atoms with Gasteiger partial charge in [0.25, 0.3) is 0 Å². The zero-order chi connectivity index (χ0) is 13.4. The van der Waals surface area contributed by atoms with Crippen molar-refractivity contribution in [3.05, 3.63) is 10.0 Å². The fourth-order valence-corrected chi connectivity index (χ4v) is 3.27. The summed E-state index contributed by atoms with van der Waals surface area (Å²) >= 11 is 2.18. The number of halogens is 1. The van der Waals surface area contributed by atoms with Crippen LogP contribution in [0.3, 0.4) is 0 Å². The topological polar surface area (TPSA) is 90.9 Å². The summed E-state index contributed by atoms with van der Waals surface area (Å²) in [7, 11) is 1.72. The number of methoxy groups -OCH3 is 1. The van der Waals surface area contributed by atoms with Crippen LogP contribution in [0.1, 0.15) is 12.5 Å². The third-order valence-corrected chi connectivity index (χ3v) is 4.14. The molecule has 0 spiro atoms. The van der Waals surface area contributed by atoms with Crippen LogP contribution in [0.5, 0.6) is 0 Å². The molecular formula is C11H15IN6O. The number of aromatic nitrogens is 4. The Labute approximate surface area is 124 Å².